The maximum atomic E-state index is 11.6. The molecule has 2 N–H and O–H groups in total. The Balaban J connectivity index is 1.73. The van der Waals surface area contributed by atoms with E-state index in [2.05, 4.69) is 44.0 Å². The second-order valence-corrected chi connectivity index (χ2v) is 9.27. The molecule has 0 aliphatic carbocycles. The summed E-state index contributed by atoms with van der Waals surface area (Å²) in [5.74, 6) is 0.708. The fraction of sp³-hybridized carbons (Fsp3) is 0.136. The molecule has 0 saturated heterocycles. The first kappa shape index (κ1) is 21.0. The first-order chi connectivity index (χ1) is 14.8. The zero-order chi connectivity index (χ0) is 22.0. The highest BCUT2D eigenvalue weighted by molar-refractivity contribution is 7.92. The van der Waals surface area contributed by atoms with Gasteiger partial charge in [-0.05, 0) is 36.2 Å². The van der Waals surface area contributed by atoms with Gasteiger partial charge in [0.05, 0.1) is 17.5 Å². The summed E-state index contributed by atoms with van der Waals surface area (Å²) in [6.45, 7) is 2.07. The van der Waals surface area contributed by atoms with Gasteiger partial charge < -0.3 is 5.32 Å². The summed E-state index contributed by atoms with van der Waals surface area (Å²) in [7, 11) is -3.48. The van der Waals surface area contributed by atoms with Crippen LogP contribution < -0.4 is 10.0 Å². The van der Waals surface area contributed by atoms with Crippen molar-refractivity contribution >= 4 is 44.0 Å². The van der Waals surface area contributed by atoms with E-state index < -0.39 is 10.0 Å². The van der Waals surface area contributed by atoms with E-state index in [9.17, 15) is 8.42 Å². The number of aromatic nitrogens is 3. The zero-order valence-electron chi connectivity index (χ0n) is 16.9. The minimum atomic E-state index is -3.48. The molecule has 31 heavy (non-hydrogen) atoms. The molecule has 4 aromatic rings. The van der Waals surface area contributed by atoms with Gasteiger partial charge in [0.25, 0.3) is 0 Å². The van der Waals surface area contributed by atoms with Crippen LogP contribution in [0.5, 0.6) is 0 Å². The third-order valence-corrected chi connectivity index (χ3v) is 5.65. The van der Waals surface area contributed by atoms with Gasteiger partial charge in [-0.3, -0.25) is 4.72 Å². The number of benzene rings is 2. The molecule has 2 aromatic heterocycles. The molecule has 0 amide bonds. The molecule has 0 saturated carbocycles. The van der Waals surface area contributed by atoms with Crippen LogP contribution in [0.3, 0.4) is 0 Å². The van der Waals surface area contributed by atoms with Crippen molar-refractivity contribution in [2.45, 2.75) is 13.0 Å². The largest absolute Gasteiger partial charge is 0.363 e. The lowest BCUT2D eigenvalue weighted by Gasteiger charge is -2.16. The van der Waals surface area contributed by atoms with Crippen LogP contribution in [0.2, 0.25) is 5.15 Å². The number of hydrogen-bond donors (Lipinski definition) is 2. The molecular weight excluding hydrogens is 434 g/mol. The third-order valence-electron chi connectivity index (χ3n) is 4.76. The van der Waals surface area contributed by atoms with Crippen molar-refractivity contribution in [1.82, 2.24) is 15.0 Å². The molecule has 9 heteroatoms. The molecule has 0 aliphatic rings. The summed E-state index contributed by atoms with van der Waals surface area (Å²) in [6.07, 6.45) is 4.19. The Morgan fingerprint density at radius 2 is 1.74 bits per heavy atom. The zero-order valence-corrected chi connectivity index (χ0v) is 18.4. The average molecular weight is 454 g/mol. The summed E-state index contributed by atoms with van der Waals surface area (Å²) < 4.78 is 25.6. The number of hydrogen-bond acceptors (Lipinski definition) is 6. The van der Waals surface area contributed by atoms with E-state index in [4.69, 9.17) is 11.6 Å². The number of nitrogens with one attached hydrogen (secondary N) is 2. The van der Waals surface area contributed by atoms with E-state index in [1.54, 1.807) is 12.3 Å². The third kappa shape index (κ3) is 4.92. The summed E-state index contributed by atoms with van der Waals surface area (Å²) >= 11 is 6.06. The molecule has 0 bridgehead atoms. The van der Waals surface area contributed by atoms with Gasteiger partial charge in [-0.15, -0.1) is 0 Å². The number of sulfonamides is 1. The molecular formula is C22H20ClN5O2S. The molecule has 0 aliphatic heterocycles. The smallest absolute Gasteiger partial charge is 0.229 e. The molecule has 4 rings (SSSR count). The molecule has 0 radical (unpaired) electrons. The predicted octanol–water partition coefficient (Wildman–Crippen LogP) is 4.89. The van der Waals surface area contributed by atoms with Crippen LogP contribution in [0, 0.1) is 0 Å². The van der Waals surface area contributed by atoms with Gasteiger partial charge in [-0.1, -0.05) is 48.0 Å². The topological polar surface area (TPSA) is 96.9 Å². The van der Waals surface area contributed by atoms with Gasteiger partial charge in [0.2, 0.25) is 10.0 Å². The molecule has 2 aromatic carbocycles. The molecule has 158 valence electrons. The van der Waals surface area contributed by atoms with Gasteiger partial charge in [0.15, 0.2) is 5.15 Å². The minimum Gasteiger partial charge on any atom is -0.363 e. The standard InChI is InChI=1S/C22H20ClN5O2S/c1-14(15-6-4-3-5-7-15)27-22-18-10-16(8-9-19(18)25-13-26-22)17-11-20(21(23)24-12-17)28-31(2,29)30/h3-14,28H,1-2H3,(H,25,26,27). The second-order valence-electron chi connectivity index (χ2n) is 7.17. The van der Waals surface area contributed by atoms with Crippen LogP contribution in [-0.2, 0) is 10.0 Å². The average Bonchev–Trinajstić information content (AvgIpc) is 2.75. The Labute approximate surface area is 185 Å². The summed E-state index contributed by atoms with van der Waals surface area (Å²) in [5.41, 5.74) is 3.70. The summed E-state index contributed by atoms with van der Waals surface area (Å²) in [5, 5.41) is 4.38. The quantitative estimate of drug-likeness (QED) is 0.403. The number of anilines is 2. The van der Waals surface area contributed by atoms with Crippen LogP contribution >= 0.6 is 11.6 Å². The van der Waals surface area contributed by atoms with Crippen LogP contribution in [0.15, 0.2) is 67.1 Å². The molecule has 0 fully saturated rings. The molecule has 2 heterocycles. The lowest BCUT2D eigenvalue weighted by molar-refractivity contribution is 0.607. The predicted molar refractivity (Wildman–Crippen MR) is 125 cm³/mol. The van der Waals surface area contributed by atoms with Crippen molar-refractivity contribution in [3.8, 4) is 11.1 Å². The highest BCUT2D eigenvalue weighted by Crippen LogP contribution is 2.31. The Morgan fingerprint density at radius 3 is 2.48 bits per heavy atom. The number of nitrogens with zero attached hydrogens (tertiary/aromatic N) is 3. The fourth-order valence-corrected chi connectivity index (χ4v) is 4.02. The first-order valence-electron chi connectivity index (χ1n) is 9.50. The van der Waals surface area contributed by atoms with E-state index in [1.807, 2.05) is 36.4 Å². The number of pyridine rings is 1. The Kier molecular flexibility index (Phi) is 5.75. The van der Waals surface area contributed by atoms with E-state index in [0.29, 0.717) is 11.4 Å². The van der Waals surface area contributed by atoms with Crippen molar-refractivity contribution in [3.05, 3.63) is 77.8 Å². The maximum absolute atomic E-state index is 11.6. The van der Waals surface area contributed by atoms with Crippen LogP contribution in [0.1, 0.15) is 18.5 Å². The number of halogens is 1. The highest BCUT2D eigenvalue weighted by atomic mass is 35.5. The van der Waals surface area contributed by atoms with Crippen LogP contribution in [0.4, 0.5) is 11.5 Å². The monoisotopic (exact) mass is 453 g/mol. The summed E-state index contributed by atoms with van der Waals surface area (Å²) in [6, 6.07) is 17.5. The Morgan fingerprint density at radius 1 is 0.968 bits per heavy atom. The fourth-order valence-electron chi connectivity index (χ4n) is 3.26. The van der Waals surface area contributed by atoms with E-state index in [1.165, 1.54) is 6.33 Å². The Hall–Kier alpha value is -3.23. The van der Waals surface area contributed by atoms with Crippen molar-refractivity contribution in [1.29, 1.82) is 0 Å². The van der Waals surface area contributed by atoms with Gasteiger partial charge >= 0.3 is 0 Å². The van der Waals surface area contributed by atoms with Crippen molar-refractivity contribution in [2.75, 3.05) is 16.3 Å². The van der Waals surface area contributed by atoms with Crippen LogP contribution in [-0.4, -0.2) is 29.6 Å². The van der Waals surface area contributed by atoms with E-state index in [-0.39, 0.29) is 16.9 Å². The van der Waals surface area contributed by atoms with Crippen molar-refractivity contribution in [3.63, 3.8) is 0 Å². The number of fused-ring (bicyclic) bond motifs is 1. The molecule has 1 atom stereocenters. The SMILES string of the molecule is CC(Nc1ncnc2ccc(-c3cnc(Cl)c(NS(C)(=O)=O)c3)cc12)c1ccccc1. The normalized spacial score (nSPS) is 12.5. The maximum Gasteiger partial charge on any atom is 0.229 e. The van der Waals surface area contributed by atoms with Crippen molar-refractivity contribution < 1.29 is 8.42 Å². The van der Waals surface area contributed by atoms with E-state index in [0.717, 1.165) is 28.3 Å². The Bertz CT molecular complexity index is 1350. The van der Waals surface area contributed by atoms with Gasteiger partial charge in [0, 0.05) is 23.2 Å². The molecule has 1 unspecified atom stereocenters. The highest BCUT2D eigenvalue weighted by Gasteiger charge is 2.13. The van der Waals surface area contributed by atoms with Gasteiger partial charge in [0.1, 0.15) is 12.1 Å². The second kappa shape index (κ2) is 8.49. The minimum absolute atomic E-state index is 0.0470. The summed E-state index contributed by atoms with van der Waals surface area (Å²) in [4.78, 5) is 12.9. The van der Waals surface area contributed by atoms with Crippen molar-refractivity contribution in [2.24, 2.45) is 0 Å². The molecule has 0 spiro atoms. The first-order valence-corrected chi connectivity index (χ1v) is 11.8. The molecule has 7 nitrogen and oxygen atoms in total. The number of rotatable bonds is 6. The lowest BCUT2D eigenvalue weighted by atomic mass is 10.0. The van der Waals surface area contributed by atoms with E-state index >= 15 is 0 Å². The van der Waals surface area contributed by atoms with Gasteiger partial charge in [-0.25, -0.2) is 23.4 Å². The lowest BCUT2D eigenvalue weighted by Crippen LogP contribution is -2.10. The van der Waals surface area contributed by atoms with Crippen LogP contribution in [0.25, 0.3) is 22.0 Å². The van der Waals surface area contributed by atoms with Gasteiger partial charge in [-0.2, -0.15) is 0 Å².